The Kier molecular flexibility index (Phi) is 1.35. The molecule has 0 aromatic carbocycles. The van der Waals surface area contributed by atoms with Gasteiger partial charge >= 0.3 is 50.8 Å². The SMILES string of the molecule is [Sn+3][CH]1C=CC=C1. The van der Waals surface area contributed by atoms with E-state index in [1.165, 1.54) is 0 Å². The van der Waals surface area contributed by atoms with Gasteiger partial charge in [0, 0.05) is 0 Å². The van der Waals surface area contributed by atoms with Crippen molar-refractivity contribution in [1.29, 1.82) is 0 Å². The molecule has 1 rings (SSSR count). The van der Waals surface area contributed by atoms with Crippen molar-refractivity contribution in [2.45, 2.75) is 3.93 Å². The Morgan fingerprint density at radius 3 is 1.83 bits per heavy atom. The average Bonchev–Trinajstić information content (AvgIpc) is 1.86. The van der Waals surface area contributed by atoms with Gasteiger partial charge in [0.15, 0.2) is 0 Å². The summed E-state index contributed by atoms with van der Waals surface area (Å²) in [5, 5.41) is 0. The van der Waals surface area contributed by atoms with Crippen molar-refractivity contribution in [3.05, 3.63) is 24.3 Å². The van der Waals surface area contributed by atoms with E-state index in [-0.39, 0.29) is 0 Å². The molecule has 0 saturated heterocycles. The predicted octanol–water partition coefficient (Wildman–Crippen LogP) is 1.07. The third-order valence-corrected chi connectivity index (χ3v) is 1.85. The van der Waals surface area contributed by atoms with Crippen molar-refractivity contribution >= 4 is 22.5 Å². The first-order valence-electron chi connectivity index (χ1n) is 1.96. The van der Waals surface area contributed by atoms with Gasteiger partial charge in [-0.2, -0.15) is 0 Å². The minimum atomic E-state index is 0.775. The van der Waals surface area contributed by atoms with E-state index in [2.05, 4.69) is 24.3 Å². The van der Waals surface area contributed by atoms with E-state index in [4.69, 9.17) is 0 Å². The van der Waals surface area contributed by atoms with Crippen LogP contribution in [0.5, 0.6) is 0 Å². The van der Waals surface area contributed by atoms with Crippen molar-refractivity contribution in [3.63, 3.8) is 0 Å². The number of hydrogen-bond donors (Lipinski definition) is 0. The molecule has 1 aliphatic carbocycles. The molecule has 0 amide bonds. The van der Waals surface area contributed by atoms with Crippen LogP contribution in [0.15, 0.2) is 24.3 Å². The molecule has 0 radical (unpaired) electrons. The first-order valence-corrected chi connectivity index (χ1v) is 3.60. The molecule has 6 heavy (non-hydrogen) atoms. The van der Waals surface area contributed by atoms with Gasteiger partial charge < -0.3 is 0 Å². The van der Waals surface area contributed by atoms with Crippen LogP contribution in [0.4, 0.5) is 0 Å². The van der Waals surface area contributed by atoms with Gasteiger partial charge in [-0.05, 0) is 0 Å². The molecule has 0 unspecified atom stereocenters. The van der Waals surface area contributed by atoms with Crippen LogP contribution in [0.2, 0.25) is 3.93 Å². The molecule has 0 fully saturated rings. The molecule has 0 N–H and O–H groups in total. The quantitative estimate of drug-likeness (QED) is 0.493. The standard InChI is InChI=1S/C5H5.Sn/c1-2-4-5-3-1;/h1-5H;/q;+3. The molecule has 0 nitrogen and oxygen atoms in total. The molecular formula is C5H5Sn+3. The van der Waals surface area contributed by atoms with Gasteiger partial charge in [0.25, 0.3) is 0 Å². The molecule has 0 aliphatic heterocycles. The van der Waals surface area contributed by atoms with Crippen molar-refractivity contribution < 1.29 is 0 Å². The van der Waals surface area contributed by atoms with E-state index in [0.717, 1.165) is 3.93 Å². The topological polar surface area (TPSA) is 0 Å². The fraction of sp³-hybridized carbons (Fsp3) is 0.200. The van der Waals surface area contributed by atoms with Gasteiger partial charge in [-0.1, -0.05) is 0 Å². The Hall–Kier alpha value is 0.279. The van der Waals surface area contributed by atoms with E-state index in [0.29, 0.717) is 0 Å². The van der Waals surface area contributed by atoms with Crippen LogP contribution in [0.3, 0.4) is 0 Å². The van der Waals surface area contributed by atoms with Crippen LogP contribution in [-0.4, -0.2) is 22.5 Å². The van der Waals surface area contributed by atoms with Crippen molar-refractivity contribution in [2.75, 3.05) is 0 Å². The summed E-state index contributed by atoms with van der Waals surface area (Å²) in [7, 11) is 0. The summed E-state index contributed by atoms with van der Waals surface area (Å²) < 4.78 is 0.775. The number of allylic oxidation sites excluding steroid dienone is 4. The molecule has 0 aromatic rings. The number of hydrogen-bond acceptors (Lipinski definition) is 0. The Morgan fingerprint density at radius 1 is 1.17 bits per heavy atom. The van der Waals surface area contributed by atoms with Crippen molar-refractivity contribution in [3.8, 4) is 0 Å². The zero-order valence-corrected chi connectivity index (χ0v) is 6.24. The van der Waals surface area contributed by atoms with Gasteiger partial charge in [0.05, 0.1) is 0 Å². The zero-order chi connectivity index (χ0) is 4.41. The summed E-state index contributed by atoms with van der Waals surface area (Å²) in [6.45, 7) is 0. The summed E-state index contributed by atoms with van der Waals surface area (Å²) in [4.78, 5) is 0. The van der Waals surface area contributed by atoms with Gasteiger partial charge in [-0.15, -0.1) is 0 Å². The fourth-order valence-corrected chi connectivity index (χ4v) is 1.07. The second-order valence-corrected chi connectivity index (χ2v) is 3.20. The van der Waals surface area contributed by atoms with Crippen LogP contribution in [0.1, 0.15) is 0 Å². The van der Waals surface area contributed by atoms with E-state index < -0.39 is 0 Å². The molecular weight excluding hydrogens is 179 g/mol. The Morgan fingerprint density at radius 2 is 1.67 bits per heavy atom. The minimum absolute atomic E-state index is 0.775. The number of rotatable bonds is 0. The molecule has 0 heterocycles. The second kappa shape index (κ2) is 1.82. The summed E-state index contributed by atoms with van der Waals surface area (Å²) >= 11 is 1.59. The third-order valence-electron chi connectivity index (χ3n) is 0.748. The Balaban J connectivity index is 2.60. The fourth-order valence-electron chi connectivity index (χ4n) is 0.432. The first-order chi connectivity index (χ1) is 2.89. The molecule has 0 spiro atoms. The molecule has 1 aliphatic rings. The third kappa shape index (κ3) is 0.868. The molecule has 0 bridgehead atoms. The van der Waals surface area contributed by atoms with Gasteiger partial charge in [0.1, 0.15) is 0 Å². The summed E-state index contributed by atoms with van der Waals surface area (Å²) in [6, 6.07) is 0. The van der Waals surface area contributed by atoms with Crippen LogP contribution in [0.25, 0.3) is 0 Å². The predicted molar refractivity (Wildman–Crippen MR) is 27.8 cm³/mol. The van der Waals surface area contributed by atoms with E-state index >= 15 is 0 Å². The molecule has 26 valence electrons. The van der Waals surface area contributed by atoms with Crippen LogP contribution < -0.4 is 0 Å². The van der Waals surface area contributed by atoms with Crippen LogP contribution in [0, 0.1) is 0 Å². The summed E-state index contributed by atoms with van der Waals surface area (Å²) in [5.74, 6) is 0. The molecule has 0 saturated carbocycles. The molecule has 1 heteroatoms. The zero-order valence-electron chi connectivity index (χ0n) is 3.39. The molecule has 0 aromatic heterocycles. The Labute approximate surface area is 51.0 Å². The van der Waals surface area contributed by atoms with Gasteiger partial charge in [0.2, 0.25) is 0 Å². The molecule has 0 atom stereocenters. The first kappa shape index (κ1) is 4.44. The van der Waals surface area contributed by atoms with Crippen molar-refractivity contribution in [1.82, 2.24) is 0 Å². The second-order valence-electron chi connectivity index (χ2n) is 1.30. The van der Waals surface area contributed by atoms with Gasteiger partial charge in [-0.3, -0.25) is 0 Å². The summed E-state index contributed by atoms with van der Waals surface area (Å²) in [5.41, 5.74) is 0. The maximum absolute atomic E-state index is 2.21. The monoisotopic (exact) mass is 185 g/mol. The van der Waals surface area contributed by atoms with E-state index in [9.17, 15) is 0 Å². The van der Waals surface area contributed by atoms with Crippen LogP contribution >= 0.6 is 0 Å². The normalized spacial score (nSPS) is 20.3. The van der Waals surface area contributed by atoms with Crippen molar-refractivity contribution in [2.24, 2.45) is 0 Å². The maximum atomic E-state index is 2.21. The average molecular weight is 184 g/mol. The van der Waals surface area contributed by atoms with Gasteiger partial charge in [-0.25, -0.2) is 0 Å². The van der Waals surface area contributed by atoms with E-state index in [1.54, 1.807) is 22.5 Å². The van der Waals surface area contributed by atoms with Crippen LogP contribution in [-0.2, 0) is 0 Å². The summed E-state index contributed by atoms with van der Waals surface area (Å²) in [6.07, 6.45) is 8.61. The Bertz CT molecular complexity index is 80.1. The van der Waals surface area contributed by atoms with E-state index in [1.807, 2.05) is 0 Å².